The summed E-state index contributed by atoms with van der Waals surface area (Å²) in [5.74, 6) is -3.03. The number of aliphatic carboxylic acids is 1. The number of carbonyl (C=O) groups excluding carboxylic acids is 1. The van der Waals surface area contributed by atoms with Crippen LogP contribution in [0.4, 0.5) is 4.39 Å². The van der Waals surface area contributed by atoms with Gasteiger partial charge in [0.25, 0.3) is 5.91 Å². The number of phenols is 1. The van der Waals surface area contributed by atoms with Crippen LogP contribution >= 0.6 is 0 Å². The SMILES string of the molecule is CC(C(=O)O)N(C)C(=O)c1ccc(F)cc1O. The Morgan fingerprint density at radius 3 is 2.47 bits per heavy atom. The molecule has 6 heteroatoms. The Morgan fingerprint density at radius 1 is 1.41 bits per heavy atom. The lowest BCUT2D eigenvalue weighted by atomic mass is 10.1. The van der Waals surface area contributed by atoms with Gasteiger partial charge in [0.1, 0.15) is 17.6 Å². The average molecular weight is 241 g/mol. The molecule has 0 aliphatic rings. The third kappa shape index (κ3) is 2.72. The van der Waals surface area contributed by atoms with Gasteiger partial charge in [-0.05, 0) is 19.1 Å². The Morgan fingerprint density at radius 2 is 2.00 bits per heavy atom. The summed E-state index contributed by atoms with van der Waals surface area (Å²) in [6.45, 7) is 1.33. The molecule has 5 nitrogen and oxygen atoms in total. The molecule has 0 bridgehead atoms. The second kappa shape index (κ2) is 4.82. The number of hydrogen-bond acceptors (Lipinski definition) is 3. The Labute approximate surface area is 97.1 Å². The highest BCUT2D eigenvalue weighted by molar-refractivity contribution is 5.98. The van der Waals surface area contributed by atoms with Gasteiger partial charge >= 0.3 is 5.97 Å². The molecule has 0 aliphatic carbocycles. The monoisotopic (exact) mass is 241 g/mol. The molecule has 0 saturated heterocycles. The Bertz CT molecular complexity index is 461. The van der Waals surface area contributed by atoms with Gasteiger partial charge < -0.3 is 15.1 Å². The molecule has 0 aliphatic heterocycles. The number of benzene rings is 1. The van der Waals surface area contributed by atoms with Crippen molar-refractivity contribution >= 4 is 11.9 Å². The van der Waals surface area contributed by atoms with Crippen LogP contribution in [0.3, 0.4) is 0 Å². The molecule has 0 spiro atoms. The van der Waals surface area contributed by atoms with Gasteiger partial charge in [0.2, 0.25) is 0 Å². The molecule has 0 saturated carbocycles. The summed E-state index contributed by atoms with van der Waals surface area (Å²) in [7, 11) is 1.30. The summed E-state index contributed by atoms with van der Waals surface area (Å²) < 4.78 is 12.7. The van der Waals surface area contributed by atoms with Crippen LogP contribution < -0.4 is 0 Å². The number of likely N-dealkylation sites (N-methyl/N-ethyl adjacent to an activating group) is 1. The van der Waals surface area contributed by atoms with E-state index in [1.54, 1.807) is 0 Å². The van der Waals surface area contributed by atoms with Gasteiger partial charge in [-0.15, -0.1) is 0 Å². The van der Waals surface area contributed by atoms with Gasteiger partial charge in [0.15, 0.2) is 0 Å². The van der Waals surface area contributed by atoms with Gasteiger partial charge in [-0.2, -0.15) is 0 Å². The van der Waals surface area contributed by atoms with E-state index in [9.17, 15) is 19.1 Å². The summed E-state index contributed by atoms with van der Waals surface area (Å²) >= 11 is 0. The second-order valence-electron chi connectivity index (χ2n) is 3.59. The quantitative estimate of drug-likeness (QED) is 0.830. The molecule has 1 unspecified atom stereocenters. The minimum atomic E-state index is -1.16. The second-order valence-corrected chi connectivity index (χ2v) is 3.59. The summed E-state index contributed by atoms with van der Waals surface area (Å²) in [5.41, 5.74) is -0.137. The molecule has 1 aromatic rings. The van der Waals surface area contributed by atoms with Crippen LogP contribution in [0.25, 0.3) is 0 Å². The normalized spacial score (nSPS) is 11.9. The molecule has 1 aromatic carbocycles. The molecule has 92 valence electrons. The first kappa shape index (κ1) is 13.0. The lowest BCUT2D eigenvalue weighted by Gasteiger charge is -2.21. The van der Waals surface area contributed by atoms with E-state index in [2.05, 4.69) is 0 Å². The zero-order valence-electron chi connectivity index (χ0n) is 9.35. The number of hydrogen-bond donors (Lipinski definition) is 2. The number of aromatic hydroxyl groups is 1. The highest BCUT2D eigenvalue weighted by Gasteiger charge is 2.24. The molecule has 0 fully saturated rings. The predicted molar refractivity (Wildman–Crippen MR) is 57.3 cm³/mol. The summed E-state index contributed by atoms with van der Waals surface area (Å²) in [6.07, 6.45) is 0. The molecule has 17 heavy (non-hydrogen) atoms. The van der Waals surface area contributed by atoms with Crippen molar-refractivity contribution in [2.24, 2.45) is 0 Å². The Balaban J connectivity index is 3.00. The van der Waals surface area contributed by atoms with E-state index < -0.39 is 29.5 Å². The van der Waals surface area contributed by atoms with Crippen molar-refractivity contribution < 1.29 is 24.2 Å². The molecule has 2 N–H and O–H groups in total. The van der Waals surface area contributed by atoms with Crippen LogP contribution in [0.5, 0.6) is 5.75 Å². The lowest BCUT2D eigenvalue weighted by Crippen LogP contribution is -2.40. The maximum Gasteiger partial charge on any atom is 0.326 e. The van der Waals surface area contributed by atoms with E-state index in [4.69, 9.17) is 5.11 Å². The molecule has 1 rings (SSSR count). The molecule has 0 aromatic heterocycles. The van der Waals surface area contributed by atoms with Crippen molar-refractivity contribution in [2.45, 2.75) is 13.0 Å². The fraction of sp³-hybridized carbons (Fsp3) is 0.273. The zero-order chi connectivity index (χ0) is 13.2. The van der Waals surface area contributed by atoms with Gasteiger partial charge in [0, 0.05) is 13.1 Å². The van der Waals surface area contributed by atoms with Gasteiger partial charge in [0.05, 0.1) is 5.56 Å². The summed E-state index contributed by atoms with van der Waals surface area (Å²) in [5, 5.41) is 18.1. The number of amides is 1. The van der Waals surface area contributed by atoms with Crippen molar-refractivity contribution in [3.8, 4) is 5.75 Å². The Kier molecular flexibility index (Phi) is 3.67. The van der Waals surface area contributed by atoms with Crippen molar-refractivity contribution in [2.75, 3.05) is 7.05 Å². The van der Waals surface area contributed by atoms with Crippen molar-refractivity contribution in [3.05, 3.63) is 29.6 Å². The van der Waals surface area contributed by atoms with E-state index in [0.29, 0.717) is 0 Å². The van der Waals surface area contributed by atoms with Crippen molar-refractivity contribution in [1.29, 1.82) is 0 Å². The number of carboxylic acids is 1. The Hall–Kier alpha value is -2.11. The molecule has 0 heterocycles. The highest BCUT2D eigenvalue weighted by Crippen LogP contribution is 2.20. The third-order valence-electron chi connectivity index (χ3n) is 2.45. The fourth-order valence-electron chi connectivity index (χ4n) is 1.22. The minimum absolute atomic E-state index is 0.137. The smallest absolute Gasteiger partial charge is 0.326 e. The first-order valence-corrected chi connectivity index (χ1v) is 4.83. The van der Waals surface area contributed by atoms with E-state index in [1.165, 1.54) is 14.0 Å². The molecule has 0 radical (unpaired) electrons. The van der Waals surface area contributed by atoms with Crippen LogP contribution in [0.2, 0.25) is 0 Å². The van der Waals surface area contributed by atoms with Crippen LogP contribution in [-0.2, 0) is 4.79 Å². The maximum atomic E-state index is 12.7. The van der Waals surface area contributed by atoms with Crippen LogP contribution in [-0.4, -0.2) is 40.1 Å². The highest BCUT2D eigenvalue weighted by atomic mass is 19.1. The summed E-state index contributed by atoms with van der Waals surface area (Å²) in [4.78, 5) is 23.5. The molecular formula is C11H12FNO4. The molecule has 1 amide bonds. The zero-order valence-corrected chi connectivity index (χ0v) is 9.35. The van der Waals surface area contributed by atoms with E-state index >= 15 is 0 Å². The predicted octanol–water partition coefficient (Wildman–Crippen LogP) is 1.08. The van der Waals surface area contributed by atoms with Gasteiger partial charge in [-0.1, -0.05) is 0 Å². The first-order valence-electron chi connectivity index (χ1n) is 4.83. The maximum absolute atomic E-state index is 12.7. The third-order valence-corrected chi connectivity index (χ3v) is 2.45. The standard InChI is InChI=1S/C11H12FNO4/c1-6(11(16)17)13(2)10(15)8-4-3-7(12)5-9(8)14/h3-6,14H,1-2H3,(H,16,17). The van der Waals surface area contributed by atoms with E-state index in [1.807, 2.05) is 0 Å². The topological polar surface area (TPSA) is 77.8 Å². The van der Waals surface area contributed by atoms with Gasteiger partial charge in [-0.3, -0.25) is 4.79 Å². The lowest BCUT2D eigenvalue weighted by molar-refractivity contribution is -0.141. The first-order chi connectivity index (χ1) is 7.84. The fourth-order valence-corrected chi connectivity index (χ4v) is 1.22. The molecule has 1 atom stereocenters. The van der Waals surface area contributed by atoms with Crippen LogP contribution in [0.1, 0.15) is 17.3 Å². The number of rotatable bonds is 3. The number of halogens is 1. The number of phenolic OH excluding ortho intramolecular Hbond substituents is 1. The van der Waals surface area contributed by atoms with Crippen molar-refractivity contribution in [1.82, 2.24) is 4.90 Å². The largest absolute Gasteiger partial charge is 0.507 e. The van der Waals surface area contributed by atoms with E-state index in [-0.39, 0.29) is 5.56 Å². The van der Waals surface area contributed by atoms with Gasteiger partial charge in [-0.25, -0.2) is 9.18 Å². The number of carbonyl (C=O) groups is 2. The van der Waals surface area contributed by atoms with E-state index in [0.717, 1.165) is 23.1 Å². The van der Waals surface area contributed by atoms with Crippen LogP contribution in [0, 0.1) is 5.82 Å². The minimum Gasteiger partial charge on any atom is -0.507 e. The summed E-state index contributed by atoms with van der Waals surface area (Å²) in [6, 6.07) is 1.89. The molecular weight excluding hydrogens is 229 g/mol. The van der Waals surface area contributed by atoms with Crippen LogP contribution in [0.15, 0.2) is 18.2 Å². The average Bonchev–Trinajstić information content (AvgIpc) is 2.26. The number of carboxylic acid groups (broad SMARTS) is 1. The van der Waals surface area contributed by atoms with Crippen molar-refractivity contribution in [3.63, 3.8) is 0 Å². The number of nitrogens with zero attached hydrogens (tertiary/aromatic N) is 1.